The van der Waals surface area contributed by atoms with Crippen LogP contribution in [0.15, 0.2) is 101 Å². The molecule has 0 saturated carbocycles. The van der Waals surface area contributed by atoms with Crippen LogP contribution < -0.4 is 5.19 Å². The lowest BCUT2D eigenvalue weighted by atomic mass is 10.3. The first-order valence-electron chi connectivity index (χ1n) is 6.64. The smallest absolute Gasteiger partial charge is 0.0624 e. The molecule has 0 aromatic heterocycles. The van der Waals surface area contributed by atoms with Crippen LogP contribution in [-0.4, -0.2) is 8.07 Å². The van der Waals surface area contributed by atoms with Gasteiger partial charge in [-0.3, -0.25) is 0 Å². The zero-order valence-corrected chi connectivity index (χ0v) is 11.6. The number of hydrogen-bond acceptors (Lipinski definition) is 0. The highest BCUT2D eigenvalue weighted by Gasteiger charge is 2.46. The highest BCUT2D eigenvalue weighted by Crippen LogP contribution is 2.40. The monoisotopic (exact) mass is 258 g/mol. The maximum Gasteiger partial charge on any atom is 0.179 e. The molecule has 0 fully saturated rings. The fourth-order valence-electron chi connectivity index (χ4n) is 3.37. The molecule has 3 heterocycles. The van der Waals surface area contributed by atoms with E-state index < -0.39 is 8.07 Å². The molecule has 0 unspecified atom stereocenters. The summed E-state index contributed by atoms with van der Waals surface area (Å²) in [7, 11) is -1.90. The van der Waals surface area contributed by atoms with E-state index in [1.165, 1.54) is 20.8 Å². The largest absolute Gasteiger partial charge is 0.179 e. The quantitative estimate of drug-likeness (QED) is 0.677. The van der Waals surface area contributed by atoms with Gasteiger partial charge in [-0.2, -0.15) is 0 Å². The molecule has 0 amide bonds. The first kappa shape index (κ1) is 10.8. The summed E-state index contributed by atoms with van der Waals surface area (Å²) < 4.78 is 0. The van der Waals surface area contributed by atoms with E-state index in [1.54, 1.807) is 0 Å². The Kier molecular flexibility index (Phi) is 2.23. The standard InChI is InChI=1S/C18H14Si/c1-2-7-15(8-3-1)19-16-9-4-10-17(19)12-6-14-18(19)13-5-11-16/h1-14H. The zero-order valence-electron chi connectivity index (χ0n) is 10.6. The Morgan fingerprint density at radius 3 is 1.53 bits per heavy atom. The van der Waals surface area contributed by atoms with Crippen LogP contribution in [0.3, 0.4) is 0 Å². The van der Waals surface area contributed by atoms with Gasteiger partial charge in [0.1, 0.15) is 0 Å². The minimum absolute atomic E-state index is 1.48. The van der Waals surface area contributed by atoms with Crippen LogP contribution in [0.4, 0.5) is 0 Å². The Morgan fingerprint density at radius 1 is 0.579 bits per heavy atom. The Hall–Kier alpha value is -2.12. The molecule has 3 aliphatic rings. The van der Waals surface area contributed by atoms with Gasteiger partial charge in [-0.15, -0.1) is 0 Å². The molecule has 1 heteroatoms. The molecular formula is C18H14Si. The maximum absolute atomic E-state index is 2.29. The number of rotatable bonds is 1. The van der Waals surface area contributed by atoms with Crippen LogP contribution in [0, 0.1) is 0 Å². The van der Waals surface area contributed by atoms with Crippen molar-refractivity contribution < 1.29 is 0 Å². The van der Waals surface area contributed by atoms with Gasteiger partial charge in [-0.25, -0.2) is 0 Å². The van der Waals surface area contributed by atoms with Gasteiger partial charge >= 0.3 is 0 Å². The van der Waals surface area contributed by atoms with Crippen LogP contribution in [-0.2, 0) is 0 Å². The molecule has 0 aliphatic carbocycles. The van der Waals surface area contributed by atoms with Crippen molar-refractivity contribution in [2.45, 2.75) is 0 Å². The molecule has 1 aromatic rings. The third kappa shape index (κ3) is 1.33. The molecule has 0 saturated heterocycles. The third-order valence-corrected chi connectivity index (χ3v) is 8.96. The van der Waals surface area contributed by atoms with Gasteiger partial charge in [0.05, 0.1) is 0 Å². The van der Waals surface area contributed by atoms with Crippen LogP contribution in [0.1, 0.15) is 0 Å². The lowest BCUT2D eigenvalue weighted by molar-refractivity contribution is 1.52. The summed E-state index contributed by atoms with van der Waals surface area (Å²) in [5, 5.41) is 5.97. The molecule has 3 aliphatic heterocycles. The molecule has 0 atom stereocenters. The summed E-state index contributed by atoms with van der Waals surface area (Å²) in [6.07, 6.45) is 20.3. The van der Waals surface area contributed by atoms with Crippen molar-refractivity contribution in [2.75, 3.05) is 0 Å². The second kappa shape index (κ2) is 3.94. The molecular weight excluding hydrogens is 244 g/mol. The van der Waals surface area contributed by atoms with Gasteiger partial charge < -0.3 is 0 Å². The van der Waals surface area contributed by atoms with Crippen molar-refractivity contribution in [2.24, 2.45) is 0 Å². The minimum Gasteiger partial charge on any atom is -0.0624 e. The maximum atomic E-state index is 2.29. The molecule has 4 rings (SSSR count). The van der Waals surface area contributed by atoms with E-state index in [4.69, 9.17) is 0 Å². The van der Waals surface area contributed by atoms with E-state index in [1.807, 2.05) is 0 Å². The summed E-state index contributed by atoms with van der Waals surface area (Å²) in [5.41, 5.74) is 0. The third-order valence-electron chi connectivity index (χ3n) is 4.16. The van der Waals surface area contributed by atoms with Crippen molar-refractivity contribution in [3.63, 3.8) is 0 Å². The molecule has 19 heavy (non-hydrogen) atoms. The Bertz CT molecular complexity index is 640. The first-order chi connectivity index (χ1) is 9.42. The van der Waals surface area contributed by atoms with Crippen molar-refractivity contribution in [3.05, 3.63) is 101 Å². The molecule has 0 N–H and O–H groups in total. The summed E-state index contributed by atoms with van der Waals surface area (Å²) in [4.78, 5) is 0. The average molecular weight is 258 g/mol. The van der Waals surface area contributed by atoms with E-state index in [9.17, 15) is 0 Å². The van der Waals surface area contributed by atoms with Gasteiger partial charge in [0, 0.05) is 0 Å². The van der Waals surface area contributed by atoms with E-state index >= 15 is 0 Å². The van der Waals surface area contributed by atoms with Crippen LogP contribution in [0.25, 0.3) is 0 Å². The van der Waals surface area contributed by atoms with Crippen molar-refractivity contribution in [1.29, 1.82) is 0 Å². The van der Waals surface area contributed by atoms with Gasteiger partial charge in [-0.1, -0.05) is 85.0 Å². The molecule has 0 nitrogen and oxygen atoms in total. The van der Waals surface area contributed by atoms with E-state index in [-0.39, 0.29) is 0 Å². The minimum atomic E-state index is -1.90. The SMILES string of the molecule is C1=CC2=CC=CC3=CC=CC(=C1)[Si]23c1ccccc1. The normalized spacial score (nSPS) is 21.4. The van der Waals surface area contributed by atoms with Crippen LogP contribution in [0.5, 0.6) is 0 Å². The average Bonchev–Trinajstić information content (AvgIpc) is 2.49. The topological polar surface area (TPSA) is 0 Å². The van der Waals surface area contributed by atoms with Crippen LogP contribution >= 0.6 is 0 Å². The lowest BCUT2D eigenvalue weighted by Gasteiger charge is -2.40. The van der Waals surface area contributed by atoms with E-state index in [0.717, 1.165) is 0 Å². The van der Waals surface area contributed by atoms with E-state index in [0.29, 0.717) is 0 Å². The fourth-order valence-corrected chi connectivity index (χ4v) is 8.14. The lowest BCUT2D eigenvalue weighted by Crippen LogP contribution is -2.55. The summed E-state index contributed by atoms with van der Waals surface area (Å²) in [6, 6.07) is 11.0. The second-order valence-electron chi connectivity index (χ2n) is 5.06. The molecule has 0 radical (unpaired) electrons. The van der Waals surface area contributed by atoms with Gasteiger partial charge in [-0.05, 0) is 20.8 Å². The Labute approximate surface area is 114 Å². The van der Waals surface area contributed by atoms with Crippen LogP contribution in [0.2, 0.25) is 0 Å². The molecule has 0 spiro atoms. The van der Waals surface area contributed by atoms with E-state index in [2.05, 4.69) is 85.0 Å². The van der Waals surface area contributed by atoms with Crippen molar-refractivity contribution in [3.8, 4) is 0 Å². The van der Waals surface area contributed by atoms with Gasteiger partial charge in [0.15, 0.2) is 8.07 Å². The second-order valence-corrected chi connectivity index (χ2v) is 8.87. The Morgan fingerprint density at radius 2 is 1.05 bits per heavy atom. The first-order valence-corrected chi connectivity index (χ1v) is 8.64. The number of hydrogen-bond donors (Lipinski definition) is 0. The number of allylic oxidation sites excluding steroid dienone is 12. The predicted molar refractivity (Wildman–Crippen MR) is 83.5 cm³/mol. The van der Waals surface area contributed by atoms with Crippen molar-refractivity contribution in [1.82, 2.24) is 0 Å². The molecule has 1 aromatic carbocycles. The molecule has 90 valence electrons. The highest BCUT2D eigenvalue weighted by molar-refractivity contribution is 7.10. The highest BCUT2D eigenvalue weighted by atomic mass is 28.3. The predicted octanol–water partition coefficient (Wildman–Crippen LogP) is 3.45. The van der Waals surface area contributed by atoms with Crippen molar-refractivity contribution >= 4 is 13.3 Å². The zero-order chi connectivity index (χ0) is 12.7. The Balaban J connectivity index is 2.08. The fraction of sp³-hybridized carbons (Fsp3) is 0. The number of benzene rings is 1. The van der Waals surface area contributed by atoms with Gasteiger partial charge in [0.2, 0.25) is 0 Å². The van der Waals surface area contributed by atoms with Gasteiger partial charge in [0.25, 0.3) is 0 Å². The summed E-state index contributed by atoms with van der Waals surface area (Å²) >= 11 is 0. The molecule has 0 bridgehead atoms. The summed E-state index contributed by atoms with van der Waals surface area (Å²) in [6.45, 7) is 0. The summed E-state index contributed by atoms with van der Waals surface area (Å²) in [5.74, 6) is 0.